The Hall–Kier alpha value is -3.70. The SMILES string of the molecule is Fc1cccc(COc2ccc(Br)cc2C=Nc2ccc([C@@H]3Nc4ccccc4[C@@H]4C=CC[C@H]43)cc2)c1. The highest BCUT2D eigenvalue weighted by atomic mass is 79.9. The van der Waals surface area contributed by atoms with E-state index < -0.39 is 0 Å². The normalized spacial score (nSPS) is 19.9. The Morgan fingerprint density at radius 2 is 1.84 bits per heavy atom. The van der Waals surface area contributed by atoms with Gasteiger partial charge < -0.3 is 10.1 Å². The largest absolute Gasteiger partial charge is 0.488 e. The maximum absolute atomic E-state index is 13.5. The molecule has 3 nitrogen and oxygen atoms in total. The van der Waals surface area contributed by atoms with Crippen LogP contribution in [-0.2, 0) is 6.61 Å². The Bertz CT molecular complexity index is 1480. The Balaban J connectivity index is 1.19. The lowest BCUT2D eigenvalue weighted by Crippen LogP contribution is -2.28. The van der Waals surface area contributed by atoms with E-state index in [1.165, 1.54) is 28.9 Å². The quantitative estimate of drug-likeness (QED) is 0.191. The minimum Gasteiger partial charge on any atom is -0.488 e. The van der Waals surface area contributed by atoms with Crippen LogP contribution in [-0.4, -0.2) is 6.21 Å². The first-order valence-corrected chi connectivity index (χ1v) is 13.3. The standard InChI is InChI=1S/C32H26BrFN2O/c33-24-13-16-31(37-20-21-5-3-6-25(34)17-21)23(18-24)19-35-26-14-11-22(12-15-26)32-29-9-4-8-27(29)28-7-1-2-10-30(28)36-32/h1-8,10-19,27,29,32,36H,9,20H2/t27-,29+,32-/m0/s1. The second kappa shape index (κ2) is 10.3. The third kappa shape index (κ3) is 5.09. The van der Waals surface area contributed by atoms with E-state index >= 15 is 0 Å². The highest BCUT2D eigenvalue weighted by molar-refractivity contribution is 9.10. The maximum atomic E-state index is 13.5. The summed E-state index contributed by atoms with van der Waals surface area (Å²) in [7, 11) is 0. The molecule has 2 aliphatic rings. The van der Waals surface area contributed by atoms with Gasteiger partial charge >= 0.3 is 0 Å². The third-order valence-electron chi connectivity index (χ3n) is 7.13. The number of hydrogen-bond acceptors (Lipinski definition) is 3. The van der Waals surface area contributed by atoms with Gasteiger partial charge in [0.1, 0.15) is 18.2 Å². The molecule has 4 aromatic rings. The second-order valence-corrected chi connectivity index (χ2v) is 10.4. The Morgan fingerprint density at radius 3 is 2.70 bits per heavy atom. The zero-order valence-corrected chi connectivity index (χ0v) is 21.7. The smallest absolute Gasteiger partial charge is 0.128 e. The van der Waals surface area contributed by atoms with Crippen molar-refractivity contribution in [2.24, 2.45) is 10.9 Å². The van der Waals surface area contributed by atoms with Crippen molar-refractivity contribution in [3.05, 3.63) is 136 Å². The Morgan fingerprint density at radius 1 is 0.973 bits per heavy atom. The van der Waals surface area contributed by atoms with E-state index in [9.17, 15) is 4.39 Å². The minimum absolute atomic E-state index is 0.265. The van der Waals surface area contributed by atoms with Crippen LogP contribution in [0.25, 0.3) is 0 Å². The van der Waals surface area contributed by atoms with Gasteiger partial charge in [-0.05, 0) is 77.6 Å². The van der Waals surface area contributed by atoms with Crippen LogP contribution in [0.15, 0.2) is 113 Å². The fourth-order valence-electron chi connectivity index (χ4n) is 5.32. The first kappa shape index (κ1) is 23.7. The molecule has 5 heteroatoms. The highest BCUT2D eigenvalue weighted by Crippen LogP contribution is 2.49. The van der Waals surface area contributed by atoms with Crippen molar-refractivity contribution in [2.75, 3.05) is 5.32 Å². The number of fused-ring (bicyclic) bond motifs is 3. The van der Waals surface area contributed by atoms with Crippen LogP contribution in [0.3, 0.4) is 0 Å². The van der Waals surface area contributed by atoms with Gasteiger partial charge in [-0.25, -0.2) is 4.39 Å². The van der Waals surface area contributed by atoms with Crippen LogP contribution in [0.1, 0.15) is 40.6 Å². The number of benzene rings is 4. The molecule has 0 aromatic heterocycles. The number of ether oxygens (including phenoxy) is 1. The molecule has 37 heavy (non-hydrogen) atoms. The molecule has 0 fully saturated rings. The summed E-state index contributed by atoms with van der Waals surface area (Å²) in [5.74, 6) is 1.40. The Kier molecular flexibility index (Phi) is 6.62. The van der Waals surface area contributed by atoms with E-state index in [0.717, 1.165) is 27.7 Å². The lowest BCUT2D eigenvalue weighted by atomic mass is 9.77. The molecule has 0 radical (unpaired) electrons. The van der Waals surface area contributed by atoms with Gasteiger partial charge in [0.15, 0.2) is 0 Å². The van der Waals surface area contributed by atoms with Crippen molar-refractivity contribution in [1.29, 1.82) is 0 Å². The van der Waals surface area contributed by atoms with Gasteiger partial charge in [-0.1, -0.05) is 70.5 Å². The molecule has 0 unspecified atom stereocenters. The summed E-state index contributed by atoms with van der Waals surface area (Å²) in [4.78, 5) is 4.72. The molecule has 1 heterocycles. The van der Waals surface area contributed by atoms with Gasteiger partial charge in [0.25, 0.3) is 0 Å². The van der Waals surface area contributed by atoms with Gasteiger partial charge in [0.2, 0.25) is 0 Å². The van der Waals surface area contributed by atoms with Crippen molar-refractivity contribution in [1.82, 2.24) is 0 Å². The fourth-order valence-corrected chi connectivity index (χ4v) is 5.70. The summed E-state index contributed by atoms with van der Waals surface area (Å²) in [6, 6.07) is 29.6. The van der Waals surface area contributed by atoms with Crippen LogP contribution in [0.5, 0.6) is 5.75 Å². The first-order valence-electron chi connectivity index (χ1n) is 12.5. The summed E-state index contributed by atoms with van der Waals surface area (Å²) in [6.07, 6.45) is 7.57. The third-order valence-corrected chi connectivity index (χ3v) is 7.63. The molecule has 1 aliphatic heterocycles. The number of nitrogens with zero attached hydrogens (tertiary/aromatic N) is 1. The zero-order chi connectivity index (χ0) is 25.2. The van der Waals surface area contributed by atoms with Crippen molar-refractivity contribution in [2.45, 2.75) is 25.0 Å². The van der Waals surface area contributed by atoms with Gasteiger partial charge in [-0.2, -0.15) is 0 Å². The number of hydrogen-bond donors (Lipinski definition) is 1. The fraction of sp³-hybridized carbons (Fsp3) is 0.156. The van der Waals surface area contributed by atoms with Crippen molar-refractivity contribution in [3.8, 4) is 5.75 Å². The molecule has 0 saturated carbocycles. The lowest BCUT2D eigenvalue weighted by Gasteiger charge is -2.37. The topological polar surface area (TPSA) is 33.6 Å². The number of para-hydroxylation sites is 1. The van der Waals surface area contributed by atoms with E-state index in [2.05, 4.69) is 81.9 Å². The average Bonchev–Trinajstić information content (AvgIpc) is 3.42. The number of halogens is 2. The van der Waals surface area contributed by atoms with Crippen LogP contribution in [0.4, 0.5) is 15.8 Å². The predicted octanol–water partition coefficient (Wildman–Crippen LogP) is 8.74. The van der Waals surface area contributed by atoms with E-state index in [1.54, 1.807) is 6.07 Å². The lowest BCUT2D eigenvalue weighted by molar-refractivity contribution is 0.305. The summed E-state index contributed by atoms with van der Waals surface area (Å²) >= 11 is 3.54. The molecular weight excluding hydrogens is 527 g/mol. The van der Waals surface area contributed by atoms with Crippen molar-refractivity contribution >= 4 is 33.5 Å². The van der Waals surface area contributed by atoms with Crippen LogP contribution < -0.4 is 10.1 Å². The predicted molar refractivity (Wildman–Crippen MR) is 151 cm³/mol. The number of nitrogens with one attached hydrogen (secondary N) is 1. The highest BCUT2D eigenvalue weighted by Gasteiger charge is 2.37. The average molecular weight is 553 g/mol. The number of aliphatic imine (C=N–C) groups is 1. The minimum atomic E-state index is -0.269. The summed E-state index contributed by atoms with van der Waals surface area (Å²) in [5, 5.41) is 3.78. The summed E-state index contributed by atoms with van der Waals surface area (Å²) < 4.78 is 20.5. The van der Waals surface area contributed by atoms with Gasteiger partial charge in [-0.3, -0.25) is 4.99 Å². The van der Waals surface area contributed by atoms with Crippen molar-refractivity contribution in [3.63, 3.8) is 0 Å². The molecule has 3 atom stereocenters. The van der Waals surface area contributed by atoms with Gasteiger partial charge in [0.05, 0.1) is 11.7 Å². The monoisotopic (exact) mass is 552 g/mol. The molecule has 4 aromatic carbocycles. The second-order valence-electron chi connectivity index (χ2n) is 9.51. The molecular formula is C32H26BrFN2O. The van der Waals surface area contributed by atoms with Gasteiger partial charge in [0, 0.05) is 27.9 Å². The van der Waals surface area contributed by atoms with E-state index in [0.29, 0.717) is 17.6 Å². The number of allylic oxidation sites excluding steroid dienone is 2. The number of anilines is 1. The van der Waals surface area contributed by atoms with E-state index in [-0.39, 0.29) is 18.5 Å². The molecule has 6 rings (SSSR count). The van der Waals surface area contributed by atoms with E-state index in [1.807, 2.05) is 30.5 Å². The molecule has 0 amide bonds. The molecule has 184 valence electrons. The van der Waals surface area contributed by atoms with E-state index in [4.69, 9.17) is 9.73 Å². The zero-order valence-electron chi connectivity index (χ0n) is 20.1. The van der Waals surface area contributed by atoms with Crippen molar-refractivity contribution < 1.29 is 9.13 Å². The molecule has 1 N–H and O–H groups in total. The molecule has 0 spiro atoms. The van der Waals surface area contributed by atoms with Crippen LogP contribution >= 0.6 is 15.9 Å². The maximum Gasteiger partial charge on any atom is 0.128 e. The molecule has 0 saturated heterocycles. The van der Waals surface area contributed by atoms with Crippen LogP contribution in [0.2, 0.25) is 0 Å². The first-order chi connectivity index (χ1) is 18.1. The molecule has 0 bridgehead atoms. The Labute approximate surface area is 224 Å². The van der Waals surface area contributed by atoms with Crippen LogP contribution in [0, 0.1) is 11.7 Å². The van der Waals surface area contributed by atoms with Gasteiger partial charge in [-0.15, -0.1) is 0 Å². The molecule has 1 aliphatic carbocycles. The number of rotatable bonds is 6. The summed E-state index contributed by atoms with van der Waals surface area (Å²) in [6.45, 7) is 0.281. The summed E-state index contributed by atoms with van der Waals surface area (Å²) in [5.41, 5.74) is 6.39.